The van der Waals surface area contributed by atoms with E-state index < -0.39 is 11.7 Å². The molecule has 8 heteroatoms. The van der Waals surface area contributed by atoms with E-state index in [-0.39, 0.29) is 36.0 Å². The van der Waals surface area contributed by atoms with Crippen molar-refractivity contribution in [3.8, 4) is 11.4 Å². The van der Waals surface area contributed by atoms with Crippen molar-refractivity contribution in [2.24, 2.45) is 0 Å². The molecule has 1 aromatic heterocycles. The van der Waals surface area contributed by atoms with Crippen molar-refractivity contribution in [2.75, 3.05) is 7.05 Å². The minimum Gasteiger partial charge on any atom is -0.359 e. The lowest BCUT2D eigenvalue weighted by atomic mass is 10.1. The predicted molar refractivity (Wildman–Crippen MR) is 67.1 cm³/mol. The van der Waals surface area contributed by atoms with Crippen molar-refractivity contribution >= 4 is 5.91 Å². The Labute approximate surface area is 118 Å². The van der Waals surface area contributed by atoms with Crippen LogP contribution in [0.5, 0.6) is 0 Å². The molecule has 1 amide bonds. The molecule has 0 aliphatic rings. The maximum atomic E-state index is 12.6. The van der Waals surface area contributed by atoms with Gasteiger partial charge in [0.2, 0.25) is 17.6 Å². The number of benzene rings is 1. The summed E-state index contributed by atoms with van der Waals surface area (Å²) in [5.41, 5.74) is -0.573. The van der Waals surface area contributed by atoms with E-state index in [0.29, 0.717) is 0 Å². The van der Waals surface area contributed by atoms with Gasteiger partial charge in [0.05, 0.1) is 5.56 Å². The number of amides is 1. The van der Waals surface area contributed by atoms with Gasteiger partial charge in [0.25, 0.3) is 0 Å². The number of carbonyl (C=O) groups excluding carboxylic acids is 1. The second-order valence-corrected chi connectivity index (χ2v) is 4.26. The first kappa shape index (κ1) is 15.0. The molecule has 1 N–H and O–H groups in total. The molecule has 0 aliphatic carbocycles. The predicted octanol–water partition coefficient (Wildman–Crippen LogP) is 2.43. The third-order valence-corrected chi connectivity index (χ3v) is 2.76. The summed E-state index contributed by atoms with van der Waals surface area (Å²) in [7, 11) is 1.50. The largest absolute Gasteiger partial charge is 0.416 e. The molecule has 2 rings (SSSR count). The number of nitrogens with zero attached hydrogens (tertiary/aromatic N) is 2. The Morgan fingerprint density at radius 3 is 2.81 bits per heavy atom. The first-order valence-electron chi connectivity index (χ1n) is 6.11. The molecule has 5 nitrogen and oxygen atoms in total. The Balaban J connectivity index is 2.16. The maximum absolute atomic E-state index is 12.6. The van der Waals surface area contributed by atoms with Crippen LogP contribution in [0.1, 0.15) is 17.9 Å². The lowest BCUT2D eigenvalue weighted by Crippen LogP contribution is -2.17. The Hall–Kier alpha value is -2.38. The quantitative estimate of drug-likeness (QED) is 0.941. The summed E-state index contributed by atoms with van der Waals surface area (Å²) in [6, 6.07) is 4.66. The summed E-state index contributed by atoms with van der Waals surface area (Å²) in [6.45, 7) is 0. The summed E-state index contributed by atoms with van der Waals surface area (Å²) in [6.07, 6.45) is -4.03. The van der Waals surface area contributed by atoms with Crippen LogP contribution in [0.25, 0.3) is 11.4 Å². The molecular weight excluding hydrogens is 287 g/mol. The zero-order valence-electron chi connectivity index (χ0n) is 11.1. The molecule has 0 radical (unpaired) electrons. The second-order valence-electron chi connectivity index (χ2n) is 4.26. The Morgan fingerprint density at radius 2 is 2.14 bits per heavy atom. The van der Waals surface area contributed by atoms with E-state index in [1.165, 1.54) is 19.2 Å². The smallest absolute Gasteiger partial charge is 0.359 e. The van der Waals surface area contributed by atoms with Crippen molar-refractivity contribution in [1.29, 1.82) is 0 Å². The standard InChI is InChI=1S/C13H12F3N3O2/c1-17-10(20)5-6-11-18-12(19-21-11)8-3-2-4-9(7-8)13(14,15)16/h2-4,7H,5-6H2,1H3,(H,17,20). The van der Waals surface area contributed by atoms with Crippen LogP contribution < -0.4 is 5.32 Å². The normalized spacial score (nSPS) is 11.4. The highest BCUT2D eigenvalue weighted by atomic mass is 19.4. The molecule has 0 aliphatic heterocycles. The van der Waals surface area contributed by atoms with Crippen molar-refractivity contribution in [2.45, 2.75) is 19.0 Å². The Kier molecular flexibility index (Phi) is 4.25. The average molecular weight is 299 g/mol. The minimum atomic E-state index is -4.43. The van der Waals surface area contributed by atoms with Crippen LogP contribution in [0, 0.1) is 0 Å². The van der Waals surface area contributed by atoms with Gasteiger partial charge in [-0.1, -0.05) is 17.3 Å². The number of carbonyl (C=O) groups is 1. The minimum absolute atomic E-state index is 0.0630. The Morgan fingerprint density at radius 1 is 1.38 bits per heavy atom. The maximum Gasteiger partial charge on any atom is 0.416 e. The van der Waals surface area contributed by atoms with E-state index in [4.69, 9.17) is 4.52 Å². The number of rotatable bonds is 4. The molecule has 21 heavy (non-hydrogen) atoms. The highest BCUT2D eigenvalue weighted by Gasteiger charge is 2.30. The van der Waals surface area contributed by atoms with Crippen LogP contribution in [-0.4, -0.2) is 23.1 Å². The molecule has 1 heterocycles. The van der Waals surface area contributed by atoms with E-state index >= 15 is 0 Å². The molecule has 1 aromatic carbocycles. The lowest BCUT2D eigenvalue weighted by Gasteiger charge is -2.06. The van der Waals surface area contributed by atoms with Gasteiger partial charge in [-0.3, -0.25) is 4.79 Å². The van der Waals surface area contributed by atoms with Gasteiger partial charge in [0.15, 0.2) is 0 Å². The average Bonchev–Trinajstić information content (AvgIpc) is 2.93. The van der Waals surface area contributed by atoms with Gasteiger partial charge in [-0.25, -0.2) is 0 Å². The van der Waals surface area contributed by atoms with Gasteiger partial charge >= 0.3 is 6.18 Å². The lowest BCUT2D eigenvalue weighted by molar-refractivity contribution is -0.137. The van der Waals surface area contributed by atoms with E-state index in [2.05, 4.69) is 15.5 Å². The summed E-state index contributed by atoms with van der Waals surface area (Å²) in [4.78, 5) is 15.1. The molecule has 2 aromatic rings. The third-order valence-electron chi connectivity index (χ3n) is 2.76. The summed E-state index contributed by atoms with van der Waals surface area (Å²) < 4.78 is 42.8. The molecule has 0 spiro atoms. The zero-order valence-corrected chi connectivity index (χ0v) is 11.1. The monoisotopic (exact) mass is 299 g/mol. The van der Waals surface area contributed by atoms with Crippen LogP contribution >= 0.6 is 0 Å². The van der Waals surface area contributed by atoms with Crippen LogP contribution in [0.2, 0.25) is 0 Å². The first-order chi connectivity index (χ1) is 9.90. The highest BCUT2D eigenvalue weighted by Crippen LogP contribution is 2.31. The fourth-order valence-electron chi connectivity index (χ4n) is 1.65. The highest BCUT2D eigenvalue weighted by molar-refractivity contribution is 5.75. The molecule has 0 bridgehead atoms. The fourth-order valence-corrected chi connectivity index (χ4v) is 1.65. The van der Waals surface area contributed by atoms with Crippen molar-refractivity contribution in [3.05, 3.63) is 35.7 Å². The number of aromatic nitrogens is 2. The van der Waals surface area contributed by atoms with E-state index in [9.17, 15) is 18.0 Å². The van der Waals surface area contributed by atoms with Gasteiger partial charge in [0.1, 0.15) is 0 Å². The van der Waals surface area contributed by atoms with Gasteiger partial charge in [-0.2, -0.15) is 18.2 Å². The number of aryl methyl sites for hydroxylation is 1. The molecule has 0 saturated carbocycles. The zero-order chi connectivity index (χ0) is 15.5. The number of alkyl halides is 3. The number of hydrogen-bond acceptors (Lipinski definition) is 4. The number of nitrogens with one attached hydrogen (secondary N) is 1. The van der Waals surface area contributed by atoms with Crippen molar-refractivity contribution in [3.63, 3.8) is 0 Å². The van der Waals surface area contributed by atoms with E-state index in [0.717, 1.165) is 12.1 Å². The van der Waals surface area contributed by atoms with Gasteiger partial charge in [-0.05, 0) is 12.1 Å². The van der Waals surface area contributed by atoms with Crippen molar-refractivity contribution in [1.82, 2.24) is 15.5 Å². The number of hydrogen-bond donors (Lipinski definition) is 1. The molecule has 0 atom stereocenters. The van der Waals surface area contributed by atoms with Gasteiger partial charge < -0.3 is 9.84 Å². The topological polar surface area (TPSA) is 68.0 Å². The van der Waals surface area contributed by atoms with E-state index in [1.54, 1.807) is 0 Å². The van der Waals surface area contributed by atoms with Gasteiger partial charge in [0, 0.05) is 25.5 Å². The van der Waals surface area contributed by atoms with Crippen LogP contribution in [0.3, 0.4) is 0 Å². The Bertz CT molecular complexity index is 638. The molecule has 0 saturated heterocycles. The summed E-state index contributed by atoms with van der Waals surface area (Å²) >= 11 is 0. The van der Waals surface area contributed by atoms with Crippen LogP contribution in [0.4, 0.5) is 13.2 Å². The number of halogens is 3. The molecule has 112 valence electrons. The fraction of sp³-hybridized carbons (Fsp3) is 0.308. The first-order valence-corrected chi connectivity index (χ1v) is 6.11. The molecule has 0 unspecified atom stereocenters. The van der Waals surface area contributed by atoms with Gasteiger partial charge in [-0.15, -0.1) is 0 Å². The SMILES string of the molecule is CNC(=O)CCc1nc(-c2cccc(C(F)(F)F)c2)no1. The third kappa shape index (κ3) is 3.80. The molecular formula is C13H12F3N3O2. The van der Waals surface area contributed by atoms with Crippen LogP contribution in [0.15, 0.2) is 28.8 Å². The second kappa shape index (κ2) is 5.94. The van der Waals surface area contributed by atoms with Crippen LogP contribution in [-0.2, 0) is 17.4 Å². The summed E-state index contributed by atoms with van der Waals surface area (Å²) in [5.74, 6) is 0.0767. The molecule has 0 fully saturated rings. The van der Waals surface area contributed by atoms with E-state index in [1.807, 2.05) is 0 Å². The van der Waals surface area contributed by atoms with Crippen molar-refractivity contribution < 1.29 is 22.5 Å². The summed E-state index contributed by atoms with van der Waals surface area (Å²) in [5, 5.41) is 6.07.